The summed E-state index contributed by atoms with van der Waals surface area (Å²) >= 11 is 0. The van der Waals surface area contributed by atoms with Crippen molar-refractivity contribution in [3.63, 3.8) is 0 Å². The molecule has 4 nitrogen and oxygen atoms in total. The lowest BCUT2D eigenvalue weighted by atomic mass is 9.99. The average molecular weight is 243 g/mol. The molecule has 2 aromatic rings. The SMILES string of the molecule is COc1ccccc1CC(N)c1cccnc1N. The summed E-state index contributed by atoms with van der Waals surface area (Å²) in [6.07, 6.45) is 2.33. The first-order valence-electron chi connectivity index (χ1n) is 5.80. The predicted octanol–water partition coefficient (Wildman–Crippen LogP) is 1.91. The van der Waals surface area contributed by atoms with Crippen LogP contribution in [0.2, 0.25) is 0 Å². The number of benzene rings is 1. The summed E-state index contributed by atoms with van der Waals surface area (Å²) in [5, 5.41) is 0. The number of hydrogen-bond acceptors (Lipinski definition) is 4. The van der Waals surface area contributed by atoms with E-state index in [1.54, 1.807) is 13.3 Å². The first-order valence-corrected chi connectivity index (χ1v) is 5.80. The van der Waals surface area contributed by atoms with E-state index >= 15 is 0 Å². The molecule has 4 N–H and O–H groups in total. The number of hydrogen-bond donors (Lipinski definition) is 2. The van der Waals surface area contributed by atoms with Crippen LogP contribution < -0.4 is 16.2 Å². The lowest BCUT2D eigenvalue weighted by Gasteiger charge is -2.15. The summed E-state index contributed by atoms with van der Waals surface area (Å²) in [6.45, 7) is 0. The summed E-state index contributed by atoms with van der Waals surface area (Å²) in [7, 11) is 1.66. The number of nitrogens with zero attached hydrogens (tertiary/aromatic N) is 1. The topological polar surface area (TPSA) is 74.2 Å². The van der Waals surface area contributed by atoms with Gasteiger partial charge in [-0.1, -0.05) is 24.3 Å². The molecule has 0 aliphatic carbocycles. The summed E-state index contributed by atoms with van der Waals surface area (Å²) in [4.78, 5) is 4.05. The zero-order valence-electron chi connectivity index (χ0n) is 10.3. The Morgan fingerprint density at radius 1 is 1.22 bits per heavy atom. The molecule has 1 atom stereocenters. The molecule has 0 bridgehead atoms. The Hall–Kier alpha value is -2.07. The van der Waals surface area contributed by atoms with Crippen LogP contribution in [0.4, 0.5) is 5.82 Å². The van der Waals surface area contributed by atoms with E-state index in [1.165, 1.54) is 0 Å². The van der Waals surface area contributed by atoms with Gasteiger partial charge in [0.05, 0.1) is 7.11 Å². The number of nitrogens with two attached hydrogens (primary N) is 2. The van der Waals surface area contributed by atoms with Crippen LogP contribution in [0, 0.1) is 0 Å². The molecule has 0 aliphatic heterocycles. The Morgan fingerprint density at radius 2 is 2.00 bits per heavy atom. The first-order chi connectivity index (χ1) is 8.72. The van der Waals surface area contributed by atoms with Crippen molar-refractivity contribution >= 4 is 5.82 Å². The van der Waals surface area contributed by atoms with Crippen LogP contribution in [0.3, 0.4) is 0 Å². The second kappa shape index (κ2) is 5.51. The second-order valence-corrected chi connectivity index (χ2v) is 4.10. The van der Waals surface area contributed by atoms with Crippen molar-refractivity contribution in [2.45, 2.75) is 12.5 Å². The van der Waals surface area contributed by atoms with Gasteiger partial charge in [-0.3, -0.25) is 0 Å². The minimum atomic E-state index is -0.185. The summed E-state index contributed by atoms with van der Waals surface area (Å²) in [6, 6.07) is 11.4. The van der Waals surface area contributed by atoms with Crippen molar-refractivity contribution in [3.05, 3.63) is 53.7 Å². The highest BCUT2D eigenvalue weighted by Gasteiger charge is 2.13. The minimum Gasteiger partial charge on any atom is -0.496 e. The van der Waals surface area contributed by atoms with E-state index in [0.29, 0.717) is 12.2 Å². The highest BCUT2D eigenvalue weighted by Crippen LogP contribution is 2.25. The van der Waals surface area contributed by atoms with Crippen LogP contribution >= 0.6 is 0 Å². The van der Waals surface area contributed by atoms with Crippen LogP contribution in [0.5, 0.6) is 5.75 Å². The number of anilines is 1. The maximum atomic E-state index is 6.18. The van der Waals surface area contributed by atoms with Crippen LogP contribution in [0.1, 0.15) is 17.2 Å². The molecule has 1 aromatic carbocycles. The Bertz CT molecular complexity index is 528. The number of para-hydroxylation sites is 1. The number of nitrogen functional groups attached to an aromatic ring is 1. The van der Waals surface area contributed by atoms with Crippen molar-refractivity contribution in [3.8, 4) is 5.75 Å². The van der Waals surface area contributed by atoms with Crippen molar-refractivity contribution < 1.29 is 4.74 Å². The van der Waals surface area contributed by atoms with Gasteiger partial charge >= 0.3 is 0 Å². The Kier molecular flexibility index (Phi) is 3.79. The third-order valence-electron chi connectivity index (χ3n) is 2.90. The van der Waals surface area contributed by atoms with Gasteiger partial charge in [0.15, 0.2) is 0 Å². The molecular formula is C14H17N3O. The van der Waals surface area contributed by atoms with Crippen LogP contribution in [-0.4, -0.2) is 12.1 Å². The molecule has 1 heterocycles. The fraction of sp³-hybridized carbons (Fsp3) is 0.214. The van der Waals surface area contributed by atoms with Crippen molar-refractivity contribution in [2.24, 2.45) is 5.73 Å². The molecule has 4 heteroatoms. The first kappa shape index (κ1) is 12.4. The summed E-state index contributed by atoms with van der Waals surface area (Å²) in [5.41, 5.74) is 13.9. The molecule has 0 amide bonds. The monoisotopic (exact) mass is 243 g/mol. The molecular weight excluding hydrogens is 226 g/mol. The zero-order chi connectivity index (χ0) is 13.0. The Labute approximate surface area is 107 Å². The van der Waals surface area contributed by atoms with Crippen LogP contribution in [0.25, 0.3) is 0 Å². The van der Waals surface area contributed by atoms with Crippen molar-refractivity contribution in [2.75, 3.05) is 12.8 Å². The predicted molar refractivity (Wildman–Crippen MR) is 72.3 cm³/mol. The number of aromatic nitrogens is 1. The molecule has 0 saturated heterocycles. The van der Waals surface area contributed by atoms with E-state index in [2.05, 4.69) is 4.98 Å². The lowest BCUT2D eigenvalue weighted by Crippen LogP contribution is -2.16. The molecule has 1 aromatic heterocycles. The molecule has 0 saturated carbocycles. The molecule has 0 spiro atoms. The zero-order valence-corrected chi connectivity index (χ0v) is 10.3. The van der Waals surface area contributed by atoms with E-state index in [0.717, 1.165) is 16.9 Å². The molecule has 0 fully saturated rings. The fourth-order valence-electron chi connectivity index (χ4n) is 1.96. The van der Waals surface area contributed by atoms with Crippen LogP contribution in [0.15, 0.2) is 42.6 Å². The number of methoxy groups -OCH3 is 1. The second-order valence-electron chi connectivity index (χ2n) is 4.10. The van der Waals surface area contributed by atoms with Gasteiger partial charge < -0.3 is 16.2 Å². The molecule has 1 unspecified atom stereocenters. The van der Waals surface area contributed by atoms with Crippen molar-refractivity contribution in [1.82, 2.24) is 4.98 Å². The average Bonchev–Trinajstić information content (AvgIpc) is 2.39. The quantitative estimate of drug-likeness (QED) is 0.860. The standard InChI is InChI=1S/C14H17N3O/c1-18-13-7-3-2-5-10(13)9-12(15)11-6-4-8-17-14(11)16/h2-8,12H,9,15H2,1H3,(H2,16,17). The van der Waals surface area contributed by atoms with Gasteiger partial charge in [0, 0.05) is 17.8 Å². The van der Waals surface area contributed by atoms with Gasteiger partial charge in [-0.2, -0.15) is 0 Å². The third kappa shape index (κ3) is 2.60. The summed E-state index contributed by atoms with van der Waals surface area (Å²) < 4.78 is 5.31. The largest absolute Gasteiger partial charge is 0.496 e. The van der Waals surface area contributed by atoms with Crippen molar-refractivity contribution in [1.29, 1.82) is 0 Å². The van der Waals surface area contributed by atoms with Gasteiger partial charge in [-0.25, -0.2) is 4.98 Å². The van der Waals surface area contributed by atoms with E-state index < -0.39 is 0 Å². The highest BCUT2D eigenvalue weighted by molar-refractivity contribution is 5.42. The smallest absolute Gasteiger partial charge is 0.128 e. The van der Waals surface area contributed by atoms with E-state index in [4.69, 9.17) is 16.2 Å². The van der Waals surface area contributed by atoms with E-state index in [9.17, 15) is 0 Å². The molecule has 2 rings (SSSR count). The maximum absolute atomic E-state index is 6.18. The summed E-state index contributed by atoms with van der Waals surface area (Å²) in [5.74, 6) is 1.33. The highest BCUT2D eigenvalue weighted by atomic mass is 16.5. The molecule has 18 heavy (non-hydrogen) atoms. The number of pyridine rings is 1. The van der Waals surface area contributed by atoms with Crippen LogP contribution in [-0.2, 0) is 6.42 Å². The fourth-order valence-corrected chi connectivity index (χ4v) is 1.96. The third-order valence-corrected chi connectivity index (χ3v) is 2.90. The Balaban J connectivity index is 2.21. The van der Waals surface area contributed by atoms with Gasteiger partial charge in [0.25, 0.3) is 0 Å². The number of rotatable bonds is 4. The van der Waals surface area contributed by atoms with E-state index in [1.807, 2.05) is 36.4 Å². The van der Waals surface area contributed by atoms with Gasteiger partial charge in [-0.15, -0.1) is 0 Å². The lowest BCUT2D eigenvalue weighted by molar-refractivity contribution is 0.408. The normalized spacial score (nSPS) is 12.1. The van der Waals surface area contributed by atoms with Gasteiger partial charge in [-0.05, 0) is 24.1 Å². The maximum Gasteiger partial charge on any atom is 0.128 e. The van der Waals surface area contributed by atoms with Gasteiger partial charge in [0.1, 0.15) is 11.6 Å². The molecule has 94 valence electrons. The van der Waals surface area contributed by atoms with Gasteiger partial charge in [0.2, 0.25) is 0 Å². The molecule has 0 radical (unpaired) electrons. The van der Waals surface area contributed by atoms with E-state index in [-0.39, 0.29) is 6.04 Å². The number of ether oxygens (including phenoxy) is 1. The minimum absolute atomic E-state index is 0.185. The Morgan fingerprint density at radius 3 is 2.72 bits per heavy atom. The molecule has 0 aliphatic rings.